The predicted molar refractivity (Wildman–Crippen MR) is 54.4 cm³/mol. The lowest BCUT2D eigenvalue weighted by Gasteiger charge is -2.01. The molecule has 0 amide bonds. The van der Waals surface area contributed by atoms with E-state index in [4.69, 9.17) is 4.74 Å². The van der Waals surface area contributed by atoms with Gasteiger partial charge in [-0.05, 0) is 6.92 Å². The summed E-state index contributed by atoms with van der Waals surface area (Å²) >= 11 is 1.25. The topological polar surface area (TPSA) is 64.1 Å². The maximum absolute atomic E-state index is 11.0. The molecule has 1 aromatic rings. The van der Waals surface area contributed by atoms with E-state index in [1.165, 1.54) is 11.5 Å². The lowest BCUT2D eigenvalue weighted by molar-refractivity contribution is -0.140. The van der Waals surface area contributed by atoms with Crippen molar-refractivity contribution in [2.24, 2.45) is 0 Å². The largest absolute Gasteiger partial charge is 0.465 e. The Balaban J connectivity index is 2.34. The van der Waals surface area contributed by atoms with Gasteiger partial charge in [0.2, 0.25) is 5.13 Å². The van der Waals surface area contributed by atoms with Crippen molar-refractivity contribution in [3.05, 3.63) is 5.82 Å². The van der Waals surface area contributed by atoms with Crippen LogP contribution in [-0.4, -0.2) is 28.5 Å². The number of carbonyl (C=O) groups is 1. The van der Waals surface area contributed by atoms with Gasteiger partial charge in [-0.1, -0.05) is 6.92 Å². The Hall–Kier alpha value is -1.17. The van der Waals surface area contributed by atoms with Crippen molar-refractivity contribution in [1.82, 2.24) is 9.36 Å². The quantitative estimate of drug-likeness (QED) is 0.744. The van der Waals surface area contributed by atoms with Crippen LogP contribution >= 0.6 is 11.5 Å². The number of aromatic nitrogens is 2. The molecule has 5 nitrogen and oxygen atoms in total. The molecule has 14 heavy (non-hydrogen) atoms. The highest BCUT2D eigenvalue weighted by Gasteiger charge is 2.04. The minimum Gasteiger partial charge on any atom is -0.465 e. The third kappa shape index (κ3) is 3.29. The first kappa shape index (κ1) is 10.9. The van der Waals surface area contributed by atoms with Crippen molar-refractivity contribution in [2.75, 3.05) is 18.5 Å². The fraction of sp³-hybridized carbons (Fsp3) is 0.625. The molecule has 0 fully saturated rings. The summed E-state index contributed by atoms with van der Waals surface area (Å²) in [5.74, 6) is 0.516. The monoisotopic (exact) mass is 215 g/mol. The number of anilines is 1. The van der Waals surface area contributed by atoms with Crippen LogP contribution in [0.3, 0.4) is 0 Å². The van der Waals surface area contributed by atoms with Gasteiger partial charge in [0.05, 0.1) is 6.61 Å². The van der Waals surface area contributed by atoms with Crippen molar-refractivity contribution in [3.63, 3.8) is 0 Å². The van der Waals surface area contributed by atoms with E-state index in [1.807, 2.05) is 6.92 Å². The van der Waals surface area contributed by atoms with Crippen LogP contribution < -0.4 is 5.32 Å². The van der Waals surface area contributed by atoms with Crippen LogP contribution in [0, 0.1) is 0 Å². The summed E-state index contributed by atoms with van der Waals surface area (Å²) in [6.07, 6.45) is 0.803. The van der Waals surface area contributed by atoms with Crippen LogP contribution in [0.4, 0.5) is 5.13 Å². The SMILES string of the molecule is CCOC(=O)CNc1nc(CC)ns1. The Labute approximate surface area is 86.7 Å². The molecule has 1 aromatic heterocycles. The molecule has 1 heterocycles. The Morgan fingerprint density at radius 3 is 2.93 bits per heavy atom. The molecule has 0 aliphatic rings. The number of esters is 1. The molecular formula is C8H13N3O2S. The Morgan fingerprint density at radius 1 is 1.57 bits per heavy atom. The summed E-state index contributed by atoms with van der Waals surface area (Å²) in [5.41, 5.74) is 0. The highest BCUT2D eigenvalue weighted by atomic mass is 32.1. The fourth-order valence-corrected chi connectivity index (χ4v) is 1.47. The van der Waals surface area contributed by atoms with E-state index in [9.17, 15) is 4.79 Å². The minimum absolute atomic E-state index is 0.145. The summed E-state index contributed by atoms with van der Waals surface area (Å²) in [6.45, 7) is 4.30. The zero-order valence-electron chi connectivity index (χ0n) is 8.24. The first-order valence-electron chi connectivity index (χ1n) is 4.48. The molecule has 1 rings (SSSR count). The van der Waals surface area contributed by atoms with Crippen LogP contribution in [0.1, 0.15) is 19.7 Å². The molecular weight excluding hydrogens is 202 g/mol. The van der Waals surface area contributed by atoms with Gasteiger partial charge >= 0.3 is 5.97 Å². The molecule has 0 radical (unpaired) electrons. The second-order valence-electron chi connectivity index (χ2n) is 2.53. The second kappa shape index (κ2) is 5.54. The smallest absolute Gasteiger partial charge is 0.325 e. The maximum Gasteiger partial charge on any atom is 0.325 e. The van der Waals surface area contributed by atoms with E-state index in [-0.39, 0.29) is 12.5 Å². The summed E-state index contributed by atoms with van der Waals surface area (Å²) in [7, 11) is 0. The molecule has 0 saturated heterocycles. The molecule has 0 atom stereocenters. The van der Waals surface area contributed by atoms with Gasteiger partial charge in [0, 0.05) is 18.0 Å². The third-order valence-electron chi connectivity index (χ3n) is 1.47. The predicted octanol–water partition coefficient (Wildman–Crippen LogP) is 1.08. The Morgan fingerprint density at radius 2 is 2.36 bits per heavy atom. The van der Waals surface area contributed by atoms with E-state index in [1.54, 1.807) is 6.92 Å². The van der Waals surface area contributed by atoms with Crippen molar-refractivity contribution >= 4 is 22.6 Å². The highest BCUT2D eigenvalue weighted by molar-refractivity contribution is 7.09. The zero-order chi connectivity index (χ0) is 10.4. The van der Waals surface area contributed by atoms with Gasteiger partial charge in [0.1, 0.15) is 12.4 Å². The molecule has 0 aliphatic carbocycles. The zero-order valence-corrected chi connectivity index (χ0v) is 9.06. The normalized spacial score (nSPS) is 9.86. The van der Waals surface area contributed by atoms with Gasteiger partial charge in [-0.25, -0.2) is 4.98 Å². The summed E-state index contributed by atoms with van der Waals surface area (Å²) in [6, 6.07) is 0. The van der Waals surface area contributed by atoms with Crippen molar-refractivity contribution < 1.29 is 9.53 Å². The lowest BCUT2D eigenvalue weighted by Crippen LogP contribution is -2.16. The number of hydrogen-bond donors (Lipinski definition) is 1. The summed E-state index contributed by atoms with van der Waals surface area (Å²) < 4.78 is 8.83. The first-order chi connectivity index (χ1) is 6.76. The molecule has 78 valence electrons. The van der Waals surface area contributed by atoms with Gasteiger partial charge in [0.15, 0.2) is 0 Å². The van der Waals surface area contributed by atoms with Crippen molar-refractivity contribution in [2.45, 2.75) is 20.3 Å². The third-order valence-corrected chi connectivity index (χ3v) is 2.18. The highest BCUT2D eigenvalue weighted by Crippen LogP contribution is 2.10. The van der Waals surface area contributed by atoms with E-state index in [0.717, 1.165) is 12.2 Å². The summed E-state index contributed by atoms with van der Waals surface area (Å²) in [4.78, 5) is 15.1. The van der Waals surface area contributed by atoms with Gasteiger partial charge in [0.25, 0.3) is 0 Å². The van der Waals surface area contributed by atoms with E-state index in [0.29, 0.717) is 11.7 Å². The minimum atomic E-state index is -0.277. The molecule has 0 unspecified atom stereocenters. The van der Waals surface area contributed by atoms with Crippen molar-refractivity contribution in [1.29, 1.82) is 0 Å². The molecule has 6 heteroatoms. The first-order valence-corrected chi connectivity index (χ1v) is 5.25. The van der Waals surface area contributed by atoms with Gasteiger partial charge in [-0.2, -0.15) is 4.37 Å². The lowest BCUT2D eigenvalue weighted by atomic mass is 10.5. The number of rotatable bonds is 5. The average Bonchev–Trinajstić information content (AvgIpc) is 2.63. The number of ether oxygens (including phenoxy) is 1. The van der Waals surface area contributed by atoms with E-state index < -0.39 is 0 Å². The van der Waals surface area contributed by atoms with Crippen LogP contribution in [0.15, 0.2) is 0 Å². The van der Waals surface area contributed by atoms with Gasteiger partial charge in [-0.15, -0.1) is 0 Å². The maximum atomic E-state index is 11.0. The van der Waals surface area contributed by atoms with E-state index >= 15 is 0 Å². The average molecular weight is 215 g/mol. The van der Waals surface area contributed by atoms with Crippen molar-refractivity contribution in [3.8, 4) is 0 Å². The number of hydrogen-bond acceptors (Lipinski definition) is 6. The molecule has 0 aromatic carbocycles. The number of nitrogens with zero attached hydrogens (tertiary/aromatic N) is 2. The van der Waals surface area contributed by atoms with Crippen LogP contribution in [0.2, 0.25) is 0 Å². The number of carbonyl (C=O) groups excluding carboxylic acids is 1. The Kier molecular flexibility index (Phi) is 4.31. The fourth-order valence-electron chi connectivity index (χ4n) is 0.829. The Bertz CT molecular complexity index is 301. The molecule has 0 aliphatic heterocycles. The number of nitrogens with one attached hydrogen (secondary N) is 1. The van der Waals surface area contributed by atoms with Gasteiger partial charge in [-0.3, -0.25) is 4.79 Å². The molecule has 0 saturated carbocycles. The van der Waals surface area contributed by atoms with Crippen LogP contribution in [0.25, 0.3) is 0 Å². The summed E-state index contributed by atoms with van der Waals surface area (Å²) in [5, 5.41) is 3.52. The second-order valence-corrected chi connectivity index (χ2v) is 3.28. The molecule has 0 spiro atoms. The van der Waals surface area contributed by atoms with Gasteiger partial charge < -0.3 is 10.1 Å². The number of aryl methyl sites for hydroxylation is 1. The van der Waals surface area contributed by atoms with E-state index in [2.05, 4.69) is 14.7 Å². The molecule has 0 bridgehead atoms. The van der Waals surface area contributed by atoms with Crippen LogP contribution in [-0.2, 0) is 16.0 Å². The standard InChI is InChI=1S/C8H13N3O2S/c1-3-6-10-8(14-11-6)9-5-7(12)13-4-2/h3-5H2,1-2H3,(H,9,10,11). The van der Waals surface area contributed by atoms with Crippen LogP contribution in [0.5, 0.6) is 0 Å². The molecule has 1 N–H and O–H groups in total.